The fourth-order valence-electron chi connectivity index (χ4n) is 7.08. The van der Waals surface area contributed by atoms with Crippen molar-refractivity contribution in [1.29, 1.82) is 0 Å². The van der Waals surface area contributed by atoms with E-state index in [0.717, 1.165) is 44.9 Å². The monoisotopic (exact) mass is 756 g/mol. The van der Waals surface area contributed by atoms with E-state index in [-0.39, 0.29) is 19.0 Å². The second kappa shape index (κ2) is 50.2. The van der Waals surface area contributed by atoms with E-state index in [1.165, 1.54) is 193 Å². The number of rotatable bonds is 38. The van der Waals surface area contributed by atoms with E-state index in [0.29, 0.717) is 0 Å². The van der Waals surface area contributed by atoms with Crippen molar-refractivity contribution in [2.24, 2.45) is 5.92 Å². The molecule has 0 saturated carbocycles. The molecule has 0 aliphatic heterocycles. The van der Waals surface area contributed by atoms with Crippen LogP contribution >= 0.6 is 0 Å². The van der Waals surface area contributed by atoms with Crippen LogP contribution in [-0.2, 0) is 9.59 Å². The van der Waals surface area contributed by atoms with Gasteiger partial charge in [-0.2, -0.15) is 0 Å². The summed E-state index contributed by atoms with van der Waals surface area (Å²) >= 11 is 0. The summed E-state index contributed by atoms with van der Waals surface area (Å²) in [6.07, 6.45) is 44.4. The second-order valence-electron chi connectivity index (χ2n) is 15.7. The Hall–Kier alpha value is -1.83. The minimum absolute atomic E-state index is 0.155. The Labute approximate surface area is 330 Å². The number of urea groups is 1. The Morgan fingerprint density at radius 3 is 1.02 bits per heavy atom. The maximum absolute atomic E-state index is 13.0. The highest BCUT2D eigenvalue weighted by atomic mass is 16.3. The molecule has 0 spiro atoms. The normalized spacial score (nSPS) is 10.8. The van der Waals surface area contributed by atoms with E-state index in [1.54, 1.807) is 0 Å². The standard InChI is InChI=1S/C43H89N3O.2CH2O2/c1-6-9-12-15-18-19-20-21-22-23-28-33-39-46(43(47)44-38-41-45(4)5)40-34-29-24-27-32-37-42(35-30-25-16-13-10-7-2)36-31-26-17-14-11-8-3;2*2-1-3/h42H,6-41H2,1-5H3,(H,44,47);2*1H,(H,2,3). The molecule has 0 aliphatic rings. The van der Waals surface area contributed by atoms with Crippen LogP contribution in [0.15, 0.2) is 0 Å². The minimum atomic E-state index is -0.250. The lowest BCUT2D eigenvalue weighted by Crippen LogP contribution is -2.43. The van der Waals surface area contributed by atoms with Gasteiger partial charge in [0.25, 0.3) is 12.9 Å². The van der Waals surface area contributed by atoms with Crippen LogP contribution in [0.25, 0.3) is 0 Å². The van der Waals surface area contributed by atoms with Crippen molar-refractivity contribution in [1.82, 2.24) is 15.1 Å². The topological polar surface area (TPSA) is 110 Å². The van der Waals surface area contributed by atoms with E-state index in [1.807, 2.05) is 0 Å². The lowest BCUT2D eigenvalue weighted by molar-refractivity contribution is -0.123. The number of carbonyl (C=O) groups is 3. The van der Waals surface area contributed by atoms with Crippen molar-refractivity contribution in [3.63, 3.8) is 0 Å². The zero-order valence-corrected chi connectivity index (χ0v) is 36.2. The number of amides is 2. The van der Waals surface area contributed by atoms with E-state index < -0.39 is 0 Å². The average molecular weight is 756 g/mol. The molecule has 8 nitrogen and oxygen atoms in total. The van der Waals surface area contributed by atoms with Crippen molar-refractivity contribution in [3.8, 4) is 0 Å². The fourth-order valence-corrected chi connectivity index (χ4v) is 7.08. The zero-order valence-electron chi connectivity index (χ0n) is 36.2. The average Bonchev–Trinajstić information content (AvgIpc) is 3.13. The summed E-state index contributed by atoms with van der Waals surface area (Å²) in [5.41, 5.74) is 0. The van der Waals surface area contributed by atoms with E-state index in [2.05, 4.69) is 50.0 Å². The largest absolute Gasteiger partial charge is 0.483 e. The Morgan fingerprint density at radius 2 is 0.736 bits per heavy atom. The van der Waals surface area contributed by atoms with Crippen LogP contribution in [0, 0.1) is 5.92 Å². The summed E-state index contributed by atoms with van der Waals surface area (Å²) in [5.74, 6) is 0.962. The van der Waals surface area contributed by atoms with Crippen LogP contribution < -0.4 is 5.32 Å². The summed E-state index contributed by atoms with van der Waals surface area (Å²) in [5, 5.41) is 17.0. The predicted octanol–water partition coefficient (Wildman–Crippen LogP) is 13.1. The first-order valence-electron chi connectivity index (χ1n) is 22.7. The molecule has 0 fully saturated rings. The van der Waals surface area contributed by atoms with Crippen LogP contribution in [-0.4, -0.2) is 79.3 Å². The third kappa shape index (κ3) is 50.2. The van der Waals surface area contributed by atoms with Gasteiger partial charge >= 0.3 is 6.03 Å². The molecule has 0 radical (unpaired) electrons. The number of carbonyl (C=O) groups excluding carboxylic acids is 1. The molecule has 0 heterocycles. The second-order valence-corrected chi connectivity index (χ2v) is 15.7. The van der Waals surface area contributed by atoms with Crippen LogP contribution in [0.3, 0.4) is 0 Å². The molecule has 0 aromatic carbocycles. The number of hydrogen-bond donors (Lipinski definition) is 3. The molecule has 0 atom stereocenters. The Kier molecular flexibility index (Phi) is 52.5. The van der Waals surface area contributed by atoms with Crippen molar-refractivity contribution in [2.45, 2.75) is 226 Å². The molecule has 0 bridgehead atoms. The van der Waals surface area contributed by atoms with E-state index >= 15 is 0 Å². The van der Waals surface area contributed by atoms with Crippen molar-refractivity contribution in [2.75, 3.05) is 40.3 Å². The van der Waals surface area contributed by atoms with E-state index in [9.17, 15) is 4.79 Å². The first-order valence-corrected chi connectivity index (χ1v) is 22.7. The van der Waals surface area contributed by atoms with Gasteiger partial charge in [-0.05, 0) is 32.9 Å². The summed E-state index contributed by atoms with van der Waals surface area (Å²) in [6.45, 7) is 9.90. The van der Waals surface area contributed by atoms with Gasteiger partial charge in [-0.15, -0.1) is 0 Å². The molecule has 2 amide bonds. The molecule has 0 rings (SSSR count). The fraction of sp³-hybridized carbons (Fsp3) is 0.933. The Balaban J connectivity index is -0.00000387. The first kappa shape index (κ1) is 55.5. The van der Waals surface area contributed by atoms with Gasteiger partial charge in [-0.1, -0.05) is 213 Å². The minimum Gasteiger partial charge on any atom is -0.483 e. The summed E-state index contributed by atoms with van der Waals surface area (Å²) in [6, 6.07) is 0.155. The Morgan fingerprint density at radius 1 is 0.472 bits per heavy atom. The Bertz CT molecular complexity index is 688. The lowest BCUT2D eigenvalue weighted by atomic mass is 9.89. The van der Waals surface area contributed by atoms with Crippen molar-refractivity contribution < 1.29 is 24.6 Å². The van der Waals surface area contributed by atoms with Crippen molar-refractivity contribution >= 4 is 19.0 Å². The highest BCUT2D eigenvalue weighted by Crippen LogP contribution is 2.25. The highest BCUT2D eigenvalue weighted by Gasteiger charge is 2.13. The number of hydrogen-bond acceptors (Lipinski definition) is 4. The van der Waals surface area contributed by atoms with Crippen LogP contribution in [0.1, 0.15) is 226 Å². The predicted molar refractivity (Wildman–Crippen MR) is 229 cm³/mol. The number of nitrogens with zero attached hydrogens (tertiary/aromatic N) is 2. The number of likely N-dealkylation sites (N-methyl/N-ethyl adjacent to an activating group) is 1. The van der Waals surface area contributed by atoms with Gasteiger partial charge in [0.2, 0.25) is 0 Å². The molecule has 0 aromatic heterocycles. The quantitative estimate of drug-likeness (QED) is 0.0427. The molecule has 0 unspecified atom stereocenters. The van der Waals surface area contributed by atoms with Crippen LogP contribution in [0.4, 0.5) is 4.79 Å². The van der Waals surface area contributed by atoms with Gasteiger partial charge in [0.05, 0.1) is 0 Å². The molecule has 318 valence electrons. The number of nitrogens with one attached hydrogen (secondary N) is 1. The third-order valence-electron chi connectivity index (χ3n) is 10.4. The van der Waals surface area contributed by atoms with Gasteiger partial charge in [0.15, 0.2) is 0 Å². The maximum atomic E-state index is 13.0. The van der Waals surface area contributed by atoms with Crippen molar-refractivity contribution in [3.05, 3.63) is 0 Å². The summed E-state index contributed by atoms with van der Waals surface area (Å²) < 4.78 is 0. The third-order valence-corrected chi connectivity index (χ3v) is 10.4. The smallest absolute Gasteiger partial charge is 0.317 e. The van der Waals surface area contributed by atoms with Crippen LogP contribution in [0.2, 0.25) is 0 Å². The number of carboxylic acid groups (broad SMARTS) is 2. The zero-order chi connectivity index (χ0) is 39.9. The lowest BCUT2D eigenvalue weighted by Gasteiger charge is -2.24. The highest BCUT2D eigenvalue weighted by molar-refractivity contribution is 5.74. The van der Waals surface area contributed by atoms with Gasteiger partial charge in [0, 0.05) is 26.2 Å². The molecular formula is C45H93N3O5. The summed E-state index contributed by atoms with van der Waals surface area (Å²) in [4.78, 5) is 34.0. The van der Waals surface area contributed by atoms with Gasteiger partial charge in [0.1, 0.15) is 0 Å². The molecule has 3 N–H and O–H groups in total. The van der Waals surface area contributed by atoms with Gasteiger partial charge in [-0.3, -0.25) is 9.59 Å². The molecular weight excluding hydrogens is 663 g/mol. The van der Waals surface area contributed by atoms with Gasteiger partial charge < -0.3 is 25.3 Å². The molecule has 0 aliphatic carbocycles. The maximum Gasteiger partial charge on any atom is 0.317 e. The molecule has 8 heteroatoms. The SMILES string of the molecule is CCCCCCCCCCCCCCN(CCCCCCCC(CCCCCCCC)CCCCCCCC)C(=O)NCCN(C)C.O=CO.O=CO. The number of unbranched alkanes of at least 4 members (excludes halogenated alkanes) is 25. The van der Waals surface area contributed by atoms with Crippen LogP contribution in [0.5, 0.6) is 0 Å². The molecule has 53 heavy (non-hydrogen) atoms. The molecule has 0 aromatic rings. The van der Waals surface area contributed by atoms with E-state index in [4.69, 9.17) is 19.8 Å². The summed E-state index contributed by atoms with van der Waals surface area (Å²) in [7, 11) is 4.14. The molecule has 0 saturated heterocycles. The first-order chi connectivity index (χ1) is 25.9. The van der Waals surface area contributed by atoms with Gasteiger partial charge in [-0.25, -0.2) is 4.79 Å².